The van der Waals surface area contributed by atoms with Crippen LogP contribution in [0.4, 0.5) is 5.69 Å². The van der Waals surface area contributed by atoms with Crippen LogP contribution in [0.3, 0.4) is 0 Å². The third-order valence-corrected chi connectivity index (χ3v) is 3.38. The molecule has 0 radical (unpaired) electrons. The SMILES string of the molecule is Cc1cccc(C(=O)Nc2cccc(/C(O)=C/C(=O)C(=O)O)c2)c1O. The van der Waals surface area contributed by atoms with E-state index < -0.39 is 23.4 Å². The number of benzene rings is 2. The molecule has 2 rings (SSSR count). The molecule has 0 aliphatic heterocycles. The van der Waals surface area contributed by atoms with Gasteiger partial charge in [-0.25, -0.2) is 4.79 Å². The topological polar surface area (TPSA) is 124 Å². The minimum Gasteiger partial charge on any atom is -0.507 e. The number of hydrogen-bond acceptors (Lipinski definition) is 5. The maximum absolute atomic E-state index is 12.3. The first-order valence-corrected chi connectivity index (χ1v) is 7.18. The van der Waals surface area contributed by atoms with Gasteiger partial charge >= 0.3 is 5.97 Å². The van der Waals surface area contributed by atoms with Gasteiger partial charge in [0.05, 0.1) is 5.56 Å². The summed E-state index contributed by atoms with van der Waals surface area (Å²) in [6.45, 7) is 1.66. The zero-order valence-electron chi connectivity index (χ0n) is 13.2. The number of amides is 1. The maximum atomic E-state index is 12.3. The van der Waals surface area contributed by atoms with E-state index in [1.807, 2.05) is 0 Å². The number of hydrogen-bond donors (Lipinski definition) is 4. The summed E-state index contributed by atoms with van der Waals surface area (Å²) >= 11 is 0. The smallest absolute Gasteiger partial charge is 0.376 e. The highest BCUT2D eigenvalue weighted by molar-refractivity contribution is 6.38. The van der Waals surface area contributed by atoms with Gasteiger partial charge in [-0.1, -0.05) is 24.3 Å². The normalized spacial score (nSPS) is 11.0. The van der Waals surface area contributed by atoms with Gasteiger partial charge in [0, 0.05) is 17.3 Å². The van der Waals surface area contributed by atoms with Gasteiger partial charge in [-0.3, -0.25) is 9.59 Å². The van der Waals surface area contributed by atoms with Crippen molar-refractivity contribution in [3.8, 4) is 5.75 Å². The summed E-state index contributed by atoms with van der Waals surface area (Å²) < 4.78 is 0. The summed E-state index contributed by atoms with van der Waals surface area (Å²) in [5.74, 6) is -4.18. The second-order valence-electron chi connectivity index (χ2n) is 5.20. The van der Waals surface area contributed by atoms with Gasteiger partial charge in [-0.05, 0) is 30.7 Å². The average Bonchev–Trinajstić information content (AvgIpc) is 2.57. The van der Waals surface area contributed by atoms with Gasteiger partial charge < -0.3 is 20.6 Å². The number of phenolic OH excluding ortho intramolecular Hbond substituents is 1. The first-order valence-electron chi connectivity index (χ1n) is 7.18. The Balaban J connectivity index is 2.24. The predicted molar refractivity (Wildman–Crippen MR) is 90.5 cm³/mol. The maximum Gasteiger partial charge on any atom is 0.376 e. The summed E-state index contributed by atoms with van der Waals surface area (Å²) in [7, 11) is 0. The van der Waals surface area contributed by atoms with Crippen molar-refractivity contribution in [1.82, 2.24) is 0 Å². The first-order chi connectivity index (χ1) is 11.8. The molecular formula is C18H15NO6. The largest absolute Gasteiger partial charge is 0.507 e. The van der Waals surface area contributed by atoms with E-state index in [1.165, 1.54) is 24.3 Å². The molecule has 0 fully saturated rings. The molecule has 2 aromatic carbocycles. The number of carbonyl (C=O) groups excluding carboxylic acids is 2. The van der Waals surface area contributed by atoms with Crippen LogP contribution in [0.25, 0.3) is 5.76 Å². The number of carboxylic acid groups (broad SMARTS) is 1. The van der Waals surface area contributed by atoms with Crippen molar-refractivity contribution in [2.24, 2.45) is 0 Å². The van der Waals surface area contributed by atoms with Crippen LogP contribution < -0.4 is 5.32 Å². The molecule has 7 heteroatoms. The van der Waals surface area contributed by atoms with Gasteiger partial charge in [0.25, 0.3) is 11.7 Å². The number of ketones is 1. The molecule has 2 aromatic rings. The molecule has 0 bridgehead atoms. The number of aryl methyl sites for hydroxylation is 1. The number of carboxylic acids is 1. The van der Waals surface area contributed by atoms with E-state index in [0.29, 0.717) is 17.3 Å². The fourth-order valence-corrected chi connectivity index (χ4v) is 2.07. The second-order valence-corrected chi connectivity index (χ2v) is 5.20. The van der Waals surface area contributed by atoms with E-state index in [4.69, 9.17) is 5.11 Å². The van der Waals surface area contributed by atoms with Gasteiger partial charge in [0.2, 0.25) is 0 Å². The molecule has 7 nitrogen and oxygen atoms in total. The summed E-state index contributed by atoms with van der Waals surface area (Å²) in [6, 6.07) is 10.6. The molecule has 1 amide bonds. The molecule has 0 aliphatic carbocycles. The zero-order valence-corrected chi connectivity index (χ0v) is 13.2. The predicted octanol–water partition coefficient (Wildman–Crippen LogP) is 2.51. The highest BCUT2D eigenvalue weighted by Gasteiger charge is 2.14. The molecule has 0 aromatic heterocycles. The Morgan fingerprint density at radius 1 is 1.04 bits per heavy atom. The van der Waals surface area contributed by atoms with Crippen LogP contribution >= 0.6 is 0 Å². The molecule has 25 heavy (non-hydrogen) atoms. The Morgan fingerprint density at radius 3 is 2.40 bits per heavy atom. The van der Waals surface area contributed by atoms with E-state index >= 15 is 0 Å². The number of anilines is 1. The standard InChI is InChI=1S/C18H15NO6/c1-10-4-2-7-13(16(10)22)17(23)19-12-6-3-5-11(8-12)14(20)9-15(21)18(24)25/h2-9,20,22H,1H3,(H,19,23)(H,24,25)/b14-9-. The van der Waals surface area contributed by atoms with Crippen LogP contribution in [-0.2, 0) is 9.59 Å². The molecule has 0 heterocycles. The van der Waals surface area contributed by atoms with Crippen molar-refractivity contribution < 1.29 is 29.7 Å². The van der Waals surface area contributed by atoms with E-state index in [-0.39, 0.29) is 16.9 Å². The lowest BCUT2D eigenvalue weighted by molar-refractivity contribution is -0.146. The first kappa shape index (κ1) is 17.7. The lowest BCUT2D eigenvalue weighted by Gasteiger charge is -2.09. The summed E-state index contributed by atoms with van der Waals surface area (Å²) in [6.07, 6.45) is 0.579. The third kappa shape index (κ3) is 4.23. The quantitative estimate of drug-likeness (QED) is 0.376. The fraction of sp³-hybridized carbons (Fsp3) is 0.0556. The molecule has 0 spiro atoms. The fourth-order valence-electron chi connectivity index (χ4n) is 2.07. The average molecular weight is 341 g/mol. The van der Waals surface area contributed by atoms with Crippen molar-refractivity contribution in [2.75, 3.05) is 5.32 Å². The molecular weight excluding hydrogens is 326 g/mol. The number of aliphatic hydroxyl groups excluding tert-OH is 1. The minimum absolute atomic E-state index is 0.0891. The number of aliphatic carboxylic acids is 1. The Hall–Kier alpha value is -3.61. The van der Waals surface area contributed by atoms with Gasteiger partial charge in [0.15, 0.2) is 0 Å². The number of rotatable bonds is 5. The van der Waals surface area contributed by atoms with Gasteiger partial charge in [0.1, 0.15) is 11.5 Å². The van der Waals surface area contributed by atoms with Crippen molar-refractivity contribution in [1.29, 1.82) is 0 Å². The number of phenols is 1. The summed E-state index contributed by atoms with van der Waals surface area (Å²) in [5.41, 5.74) is 1.09. The minimum atomic E-state index is -1.69. The third-order valence-electron chi connectivity index (χ3n) is 3.38. The number of nitrogens with one attached hydrogen (secondary N) is 1. The van der Waals surface area contributed by atoms with Crippen molar-refractivity contribution in [3.05, 3.63) is 65.2 Å². The Morgan fingerprint density at radius 2 is 1.72 bits per heavy atom. The number of aromatic hydroxyl groups is 1. The highest BCUT2D eigenvalue weighted by Crippen LogP contribution is 2.23. The number of aliphatic hydroxyl groups is 1. The van der Waals surface area contributed by atoms with Crippen LogP contribution in [0.5, 0.6) is 5.75 Å². The Bertz CT molecular complexity index is 885. The molecule has 0 saturated heterocycles. The molecule has 0 unspecified atom stereocenters. The van der Waals surface area contributed by atoms with Crippen LogP contribution in [0.15, 0.2) is 48.5 Å². The van der Waals surface area contributed by atoms with E-state index in [2.05, 4.69) is 5.32 Å². The van der Waals surface area contributed by atoms with Gasteiger partial charge in [-0.2, -0.15) is 0 Å². The lowest BCUT2D eigenvalue weighted by atomic mass is 10.1. The van der Waals surface area contributed by atoms with E-state index in [9.17, 15) is 24.6 Å². The second kappa shape index (κ2) is 7.31. The van der Waals surface area contributed by atoms with Crippen molar-refractivity contribution >= 4 is 29.1 Å². The Labute approximate surface area is 142 Å². The van der Waals surface area contributed by atoms with Gasteiger partial charge in [-0.15, -0.1) is 0 Å². The van der Waals surface area contributed by atoms with Crippen LogP contribution in [0, 0.1) is 6.92 Å². The molecule has 4 N–H and O–H groups in total. The van der Waals surface area contributed by atoms with Crippen molar-refractivity contribution in [3.63, 3.8) is 0 Å². The molecule has 0 saturated carbocycles. The highest BCUT2D eigenvalue weighted by atomic mass is 16.4. The van der Waals surface area contributed by atoms with Crippen LogP contribution in [0.1, 0.15) is 21.5 Å². The summed E-state index contributed by atoms with van der Waals surface area (Å²) in [5, 5.41) is 30.9. The Kier molecular flexibility index (Phi) is 5.18. The van der Waals surface area contributed by atoms with Crippen LogP contribution in [-0.4, -0.2) is 33.0 Å². The summed E-state index contributed by atoms with van der Waals surface area (Å²) in [4.78, 5) is 33.9. The number of para-hydroxylation sites is 1. The lowest BCUT2D eigenvalue weighted by Crippen LogP contribution is -2.12. The van der Waals surface area contributed by atoms with Crippen molar-refractivity contribution in [2.45, 2.75) is 6.92 Å². The van der Waals surface area contributed by atoms with E-state index in [1.54, 1.807) is 25.1 Å². The number of carbonyl (C=O) groups is 3. The molecule has 0 atom stereocenters. The van der Waals surface area contributed by atoms with Crippen LogP contribution in [0.2, 0.25) is 0 Å². The molecule has 0 aliphatic rings. The zero-order chi connectivity index (χ0) is 18.6. The van der Waals surface area contributed by atoms with E-state index in [0.717, 1.165) is 0 Å². The molecule has 128 valence electrons. The monoisotopic (exact) mass is 341 g/mol.